The summed E-state index contributed by atoms with van der Waals surface area (Å²) in [5.41, 5.74) is 0.449. The third-order valence-corrected chi connectivity index (χ3v) is 2.66. The topological polar surface area (TPSA) is 118 Å². The Labute approximate surface area is 124 Å². The van der Waals surface area contributed by atoms with Crippen LogP contribution in [0.1, 0.15) is 6.92 Å². The molecule has 2 rings (SSSR count). The fourth-order valence-electron chi connectivity index (χ4n) is 1.76. The van der Waals surface area contributed by atoms with E-state index < -0.39 is 17.8 Å². The quantitative estimate of drug-likeness (QED) is 0.743. The van der Waals surface area contributed by atoms with Crippen molar-refractivity contribution in [2.75, 3.05) is 12.4 Å². The van der Waals surface area contributed by atoms with E-state index in [2.05, 4.69) is 0 Å². The average molecular weight is 307 g/mol. The Morgan fingerprint density at radius 1 is 1.23 bits per heavy atom. The van der Waals surface area contributed by atoms with E-state index in [9.17, 15) is 14.7 Å². The maximum atomic E-state index is 11.1. The number of methoxy groups -OCH3 is 1. The van der Waals surface area contributed by atoms with Gasteiger partial charge in [-0.05, 0) is 24.3 Å². The first-order chi connectivity index (χ1) is 10.4. The molecule has 0 spiro atoms. The summed E-state index contributed by atoms with van der Waals surface area (Å²) >= 11 is 0. The first-order valence-electron chi connectivity index (χ1n) is 6.11. The van der Waals surface area contributed by atoms with Crippen molar-refractivity contribution >= 4 is 17.9 Å². The molecule has 1 aromatic carbocycles. The zero-order chi connectivity index (χ0) is 16.3. The van der Waals surface area contributed by atoms with Gasteiger partial charge in [-0.1, -0.05) is 0 Å². The smallest absolute Gasteiger partial charge is 0.411 e. The van der Waals surface area contributed by atoms with Crippen molar-refractivity contribution in [2.45, 2.75) is 6.92 Å². The van der Waals surface area contributed by atoms with E-state index in [0.717, 1.165) is 6.92 Å². The van der Waals surface area contributed by atoms with Gasteiger partial charge >= 0.3 is 12.1 Å². The highest BCUT2D eigenvalue weighted by Crippen LogP contribution is 2.46. The van der Waals surface area contributed by atoms with Gasteiger partial charge in [0.05, 0.1) is 7.11 Å². The number of carboxylic acid groups (broad SMARTS) is 1. The van der Waals surface area contributed by atoms with Gasteiger partial charge in [-0.2, -0.15) is 0 Å². The van der Waals surface area contributed by atoms with Crippen LogP contribution in [0.2, 0.25) is 0 Å². The minimum absolute atomic E-state index is 0.0392. The molecule has 1 aromatic heterocycles. The minimum atomic E-state index is -1.43. The van der Waals surface area contributed by atoms with Gasteiger partial charge in [0.1, 0.15) is 5.75 Å². The largest absolute Gasteiger partial charge is 0.502 e. The minimum Gasteiger partial charge on any atom is -0.502 e. The van der Waals surface area contributed by atoms with Crippen molar-refractivity contribution in [1.29, 1.82) is 0 Å². The van der Waals surface area contributed by atoms with Crippen LogP contribution in [-0.2, 0) is 4.79 Å². The van der Waals surface area contributed by atoms with E-state index in [4.69, 9.17) is 19.0 Å². The van der Waals surface area contributed by atoms with Crippen LogP contribution in [0, 0.1) is 0 Å². The summed E-state index contributed by atoms with van der Waals surface area (Å²) in [6.07, 6.45) is -1.43. The van der Waals surface area contributed by atoms with E-state index in [0.29, 0.717) is 11.3 Å². The molecule has 1 amide bonds. The normalized spacial score (nSPS) is 10.1. The molecular weight excluding hydrogens is 294 g/mol. The lowest BCUT2D eigenvalue weighted by Gasteiger charge is -2.01. The molecule has 1 heterocycles. The first-order valence-corrected chi connectivity index (χ1v) is 6.11. The number of ether oxygens (including phenoxy) is 2. The zero-order valence-corrected chi connectivity index (χ0v) is 11.7. The number of benzene rings is 1. The van der Waals surface area contributed by atoms with Crippen LogP contribution >= 0.6 is 0 Å². The number of hydrogen-bond donors (Lipinski definition) is 3. The molecule has 8 nitrogen and oxygen atoms in total. The van der Waals surface area contributed by atoms with Gasteiger partial charge in [0.15, 0.2) is 5.76 Å². The van der Waals surface area contributed by atoms with Crippen molar-refractivity contribution in [3.63, 3.8) is 0 Å². The number of hydrogen-bond acceptors (Lipinski definition) is 6. The summed E-state index contributed by atoms with van der Waals surface area (Å²) in [5, 5.41) is 20.8. The fraction of sp³-hybridized carbons (Fsp3) is 0.143. The van der Waals surface area contributed by atoms with E-state index in [1.54, 1.807) is 24.3 Å². The van der Waals surface area contributed by atoms with Crippen LogP contribution in [0.25, 0.3) is 11.3 Å². The van der Waals surface area contributed by atoms with Crippen LogP contribution in [0.3, 0.4) is 0 Å². The standard InChI is InChI=1S/C14H13NO7/c1-7(16)21-12-10(17)11(22-13(12)15-14(18)19)8-3-5-9(20-2)6-4-8/h3-6,15,17H,1-2H3,(H,18,19). The molecule has 0 bridgehead atoms. The lowest BCUT2D eigenvalue weighted by Crippen LogP contribution is -2.09. The number of carbonyl (C=O) groups excluding carboxylic acids is 1. The maximum Gasteiger partial charge on any atom is 0.411 e. The van der Waals surface area contributed by atoms with Crippen LogP contribution in [0.15, 0.2) is 28.7 Å². The number of esters is 1. The summed E-state index contributed by atoms with van der Waals surface area (Å²) in [6.45, 7) is 1.12. The number of rotatable bonds is 4. The van der Waals surface area contributed by atoms with Crippen molar-refractivity contribution in [2.24, 2.45) is 0 Å². The number of furan rings is 1. The van der Waals surface area contributed by atoms with Crippen LogP contribution < -0.4 is 14.8 Å². The molecule has 0 saturated carbocycles. The molecule has 2 aromatic rings. The number of nitrogens with one attached hydrogen (secondary N) is 1. The van der Waals surface area contributed by atoms with Crippen molar-refractivity contribution in [1.82, 2.24) is 0 Å². The predicted molar refractivity (Wildman–Crippen MR) is 75.3 cm³/mol. The average Bonchev–Trinajstić information content (AvgIpc) is 2.75. The summed E-state index contributed by atoms with van der Waals surface area (Å²) in [4.78, 5) is 21.8. The molecule has 0 fully saturated rings. The Morgan fingerprint density at radius 3 is 2.36 bits per heavy atom. The molecular formula is C14H13NO7. The van der Waals surface area contributed by atoms with Crippen LogP contribution in [-0.4, -0.2) is 29.4 Å². The lowest BCUT2D eigenvalue weighted by atomic mass is 10.1. The second-order valence-electron chi connectivity index (χ2n) is 4.19. The van der Waals surface area contributed by atoms with E-state index in [-0.39, 0.29) is 17.4 Å². The fourth-order valence-corrected chi connectivity index (χ4v) is 1.76. The summed E-state index contributed by atoms with van der Waals surface area (Å²) < 4.78 is 15.1. The maximum absolute atomic E-state index is 11.1. The van der Waals surface area contributed by atoms with Crippen LogP contribution in [0.4, 0.5) is 10.7 Å². The summed E-state index contributed by atoms with van der Waals surface area (Å²) in [6, 6.07) is 6.46. The van der Waals surface area contributed by atoms with Crippen molar-refractivity contribution < 1.29 is 33.7 Å². The Morgan fingerprint density at radius 2 is 1.86 bits per heavy atom. The second kappa shape index (κ2) is 6.08. The summed E-state index contributed by atoms with van der Waals surface area (Å²) in [5.74, 6) is -1.43. The molecule has 116 valence electrons. The Hall–Kier alpha value is -3.16. The molecule has 0 atom stereocenters. The van der Waals surface area contributed by atoms with Gasteiger partial charge in [0.2, 0.25) is 11.5 Å². The monoisotopic (exact) mass is 307 g/mol. The molecule has 0 aliphatic carbocycles. The molecule has 0 unspecified atom stereocenters. The highest BCUT2D eigenvalue weighted by atomic mass is 16.6. The number of aromatic hydroxyl groups is 1. The summed E-state index contributed by atoms with van der Waals surface area (Å²) in [7, 11) is 1.51. The van der Waals surface area contributed by atoms with Gasteiger partial charge < -0.3 is 24.1 Å². The van der Waals surface area contributed by atoms with E-state index in [1.165, 1.54) is 7.11 Å². The first kappa shape index (κ1) is 15.2. The Bertz CT molecular complexity index is 703. The van der Waals surface area contributed by atoms with Gasteiger partial charge in [-0.25, -0.2) is 4.79 Å². The van der Waals surface area contributed by atoms with Gasteiger partial charge in [0.25, 0.3) is 5.88 Å². The highest BCUT2D eigenvalue weighted by Gasteiger charge is 2.25. The van der Waals surface area contributed by atoms with Gasteiger partial charge in [0, 0.05) is 12.5 Å². The highest BCUT2D eigenvalue weighted by molar-refractivity contribution is 5.88. The molecule has 22 heavy (non-hydrogen) atoms. The lowest BCUT2D eigenvalue weighted by molar-refractivity contribution is -0.132. The SMILES string of the molecule is COc1ccc(-c2oc(NC(=O)O)c(OC(C)=O)c2O)cc1. The Balaban J connectivity index is 2.48. The number of carbonyl (C=O) groups is 2. The molecule has 0 radical (unpaired) electrons. The van der Waals surface area contributed by atoms with E-state index in [1.807, 2.05) is 5.32 Å². The van der Waals surface area contributed by atoms with Crippen molar-refractivity contribution in [3.8, 4) is 28.6 Å². The molecule has 8 heteroatoms. The molecule has 3 N–H and O–H groups in total. The van der Waals surface area contributed by atoms with Gasteiger partial charge in [-0.3, -0.25) is 10.1 Å². The predicted octanol–water partition coefficient (Wildman–Crippen LogP) is 2.68. The number of anilines is 1. The van der Waals surface area contributed by atoms with Gasteiger partial charge in [-0.15, -0.1) is 0 Å². The third-order valence-electron chi connectivity index (χ3n) is 2.66. The Kier molecular flexibility index (Phi) is 4.21. The van der Waals surface area contributed by atoms with E-state index >= 15 is 0 Å². The molecule has 0 saturated heterocycles. The number of amides is 1. The third kappa shape index (κ3) is 3.11. The molecule has 0 aliphatic rings. The van der Waals surface area contributed by atoms with Crippen molar-refractivity contribution in [3.05, 3.63) is 24.3 Å². The zero-order valence-electron chi connectivity index (χ0n) is 11.7. The second-order valence-corrected chi connectivity index (χ2v) is 4.19. The molecule has 0 aliphatic heterocycles. The van der Waals surface area contributed by atoms with Crippen LogP contribution in [0.5, 0.6) is 17.2 Å².